The predicted octanol–water partition coefficient (Wildman–Crippen LogP) is 3.73. The highest BCUT2D eigenvalue weighted by Gasteiger charge is 2.25. The molecule has 3 rings (SSSR count). The number of likely N-dealkylation sites (tertiary alicyclic amines) is 1. The molecule has 0 saturated carbocycles. The summed E-state index contributed by atoms with van der Waals surface area (Å²) in [4.78, 5) is 15.8. The van der Waals surface area contributed by atoms with Crippen LogP contribution in [0.25, 0.3) is 0 Å². The average Bonchev–Trinajstić information content (AvgIpc) is 3.10. The fourth-order valence-corrected chi connectivity index (χ4v) is 4.26. The molecule has 2 aromatic rings. The third kappa shape index (κ3) is 5.66. The first-order chi connectivity index (χ1) is 12.7. The Balaban J connectivity index is 1.56. The van der Waals surface area contributed by atoms with Gasteiger partial charge in [-0.1, -0.05) is 49.2 Å². The van der Waals surface area contributed by atoms with Crippen LogP contribution in [-0.2, 0) is 11.3 Å². The van der Waals surface area contributed by atoms with E-state index in [1.54, 1.807) is 11.3 Å². The molecule has 2 heterocycles. The first-order valence-corrected chi connectivity index (χ1v) is 10.4. The van der Waals surface area contributed by atoms with Gasteiger partial charge in [-0.05, 0) is 42.8 Å². The molecule has 1 aliphatic heterocycles. The second-order valence-corrected chi connectivity index (χ2v) is 8.02. The molecule has 1 aromatic carbocycles. The Hall–Kier alpha value is -1.69. The lowest BCUT2D eigenvalue weighted by atomic mass is 9.98. The van der Waals surface area contributed by atoms with Crippen molar-refractivity contribution in [3.05, 3.63) is 58.3 Å². The lowest BCUT2D eigenvalue weighted by Crippen LogP contribution is -2.43. The largest absolute Gasteiger partial charge is 0.388 e. The van der Waals surface area contributed by atoms with E-state index in [-0.39, 0.29) is 11.9 Å². The zero-order chi connectivity index (χ0) is 18.2. The molecular weight excluding hydrogens is 344 g/mol. The van der Waals surface area contributed by atoms with Crippen LogP contribution in [0.3, 0.4) is 0 Å². The van der Waals surface area contributed by atoms with Crippen LogP contribution >= 0.6 is 11.3 Å². The molecule has 1 fully saturated rings. The van der Waals surface area contributed by atoms with Crippen molar-refractivity contribution in [2.45, 2.75) is 50.8 Å². The van der Waals surface area contributed by atoms with E-state index in [9.17, 15) is 9.90 Å². The molecule has 140 valence electrons. The molecular formula is C21H28N2O2S. The van der Waals surface area contributed by atoms with E-state index in [1.165, 1.54) is 17.7 Å². The number of hydrogen-bond donors (Lipinski definition) is 2. The van der Waals surface area contributed by atoms with Gasteiger partial charge in [-0.2, -0.15) is 0 Å². The number of aliphatic hydroxyl groups excluding tert-OH is 1. The molecule has 2 atom stereocenters. The number of nitrogens with zero attached hydrogens (tertiary/aromatic N) is 1. The van der Waals surface area contributed by atoms with Crippen molar-refractivity contribution in [3.63, 3.8) is 0 Å². The number of rotatable bonds is 7. The van der Waals surface area contributed by atoms with Crippen LogP contribution < -0.4 is 5.32 Å². The maximum atomic E-state index is 12.4. The monoisotopic (exact) mass is 372 g/mol. The SMILES string of the molecule is O=C(CN1CCCCC[C@H]1C[C@H](O)c1ccccc1)NCc1cccs1. The molecule has 0 aliphatic carbocycles. The summed E-state index contributed by atoms with van der Waals surface area (Å²) in [5, 5.41) is 15.7. The van der Waals surface area contributed by atoms with Crippen molar-refractivity contribution >= 4 is 17.2 Å². The van der Waals surface area contributed by atoms with Crippen LogP contribution in [0, 0.1) is 0 Å². The molecule has 2 N–H and O–H groups in total. The highest BCUT2D eigenvalue weighted by molar-refractivity contribution is 7.09. The Labute approximate surface area is 159 Å². The Bertz CT molecular complexity index is 660. The smallest absolute Gasteiger partial charge is 0.234 e. The van der Waals surface area contributed by atoms with Crippen LogP contribution in [0.4, 0.5) is 0 Å². The van der Waals surface area contributed by atoms with Gasteiger partial charge >= 0.3 is 0 Å². The average molecular weight is 373 g/mol. The molecule has 1 aromatic heterocycles. The van der Waals surface area contributed by atoms with Gasteiger partial charge in [0.2, 0.25) is 5.91 Å². The van der Waals surface area contributed by atoms with Gasteiger partial charge in [0.1, 0.15) is 0 Å². The standard InChI is InChI=1S/C21H28N2O2S/c24-20(17-8-3-1-4-9-17)14-18-10-5-2-6-12-23(18)16-21(25)22-15-19-11-7-13-26-19/h1,3-4,7-9,11,13,18,20,24H,2,5-6,10,12,14-16H2,(H,22,25)/t18-,20-/m0/s1. The van der Waals surface area contributed by atoms with E-state index in [2.05, 4.69) is 10.2 Å². The minimum absolute atomic E-state index is 0.0690. The van der Waals surface area contributed by atoms with Crippen LogP contribution in [0.1, 0.15) is 48.6 Å². The number of amides is 1. The Kier molecular flexibility index (Phi) is 7.23. The summed E-state index contributed by atoms with van der Waals surface area (Å²) >= 11 is 1.66. The number of carbonyl (C=O) groups is 1. The van der Waals surface area contributed by atoms with Gasteiger partial charge < -0.3 is 10.4 Å². The molecule has 5 heteroatoms. The minimum Gasteiger partial charge on any atom is -0.388 e. The molecule has 4 nitrogen and oxygen atoms in total. The van der Waals surface area contributed by atoms with Gasteiger partial charge in [0.25, 0.3) is 0 Å². The van der Waals surface area contributed by atoms with Crippen molar-refractivity contribution in [1.29, 1.82) is 0 Å². The van der Waals surface area contributed by atoms with Crippen molar-refractivity contribution in [1.82, 2.24) is 10.2 Å². The second kappa shape index (κ2) is 9.86. The van der Waals surface area contributed by atoms with Crippen LogP contribution in [0.2, 0.25) is 0 Å². The summed E-state index contributed by atoms with van der Waals surface area (Å²) in [6, 6.07) is 14.1. The number of hydrogen-bond acceptors (Lipinski definition) is 4. The molecule has 26 heavy (non-hydrogen) atoms. The maximum Gasteiger partial charge on any atom is 0.234 e. The minimum atomic E-state index is -0.476. The van der Waals surface area contributed by atoms with Crippen molar-refractivity contribution in [3.8, 4) is 0 Å². The summed E-state index contributed by atoms with van der Waals surface area (Å²) in [7, 11) is 0. The van der Waals surface area contributed by atoms with Crippen molar-refractivity contribution in [2.75, 3.05) is 13.1 Å². The van der Waals surface area contributed by atoms with Crippen LogP contribution in [0.5, 0.6) is 0 Å². The predicted molar refractivity (Wildman–Crippen MR) is 106 cm³/mol. The third-order valence-corrected chi connectivity index (χ3v) is 5.94. The van der Waals surface area contributed by atoms with E-state index >= 15 is 0 Å². The number of thiophene rings is 1. The second-order valence-electron chi connectivity index (χ2n) is 6.99. The van der Waals surface area contributed by atoms with Crippen molar-refractivity contribution in [2.24, 2.45) is 0 Å². The van der Waals surface area contributed by atoms with Gasteiger partial charge in [-0.15, -0.1) is 11.3 Å². The Morgan fingerprint density at radius 1 is 1.19 bits per heavy atom. The van der Waals surface area contributed by atoms with E-state index in [0.717, 1.165) is 24.9 Å². The summed E-state index contributed by atoms with van der Waals surface area (Å²) < 4.78 is 0. The van der Waals surface area contributed by atoms with Gasteiger partial charge in [-0.3, -0.25) is 9.69 Å². The van der Waals surface area contributed by atoms with Gasteiger partial charge in [0, 0.05) is 10.9 Å². The van der Waals surface area contributed by atoms with E-state index < -0.39 is 6.10 Å². The number of nitrogens with one attached hydrogen (secondary N) is 1. The number of aliphatic hydroxyl groups is 1. The lowest BCUT2D eigenvalue weighted by molar-refractivity contribution is -0.123. The zero-order valence-electron chi connectivity index (χ0n) is 15.1. The molecule has 0 bridgehead atoms. The van der Waals surface area contributed by atoms with E-state index in [1.807, 2.05) is 47.8 Å². The van der Waals surface area contributed by atoms with Crippen LogP contribution in [-0.4, -0.2) is 35.0 Å². The van der Waals surface area contributed by atoms with E-state index in [0.29, 0.717) is 19.5 Å². The Morgan fingerprint density at radius 3 is 2.81 bits per heavy atom. The summed E-state index contributed by atoms with van der Waals surface area (Å²) in [5.74, 6) is 0.0690. The molecule has 1 saturated heterocycles. The van der Waals surface area contributed by atoms with Gasteiger partial charge in [0.15, 0.2) is 0 Å². The maximum absolute atomic E-state index is 12.4. The quantitative estimate of drug-likeness (QED) is 0.779. The highest BCUT2D eigenvalue weighted by atomic mass is 32.1. The van der Waals surface area contributed by atoms with Crippen LogP contribution in [0.15, 0.2) is 47.8 Å². The van der Waals surface area contributed by atoms with E-state index in [4.69, 9.17) is 0 Å². The normalized spacial score (nSPS) is 19.7. The molecule has 0 unspecified atom stereocenters. The molecule has 0 spiro atoms. The lowest BCUT2D eigenvalue weighted by Gasteiger charge is -2.31. The molecule has 1 aliphatic rings. The van der Waals surface area contributed by atoms with Gasteiger partial charge in [0.05, 0.1) is 19.2 Å². The first kappa shape index (κ1) is 19.1. The highest BCUT2D eigenvalue weighted by Crippen LogP contribution is 2.26. The fraction of sp³-hybridized carbons (Fsp3) is 0.476. The zero-order valence-corrected chi connectivity index (χ0v) is 16.0. The molecule has 0 radical (unpaired) electrons. The topological polar surface area (TPSA) is 52.6 Å². The third-order valence-electron chi connectivity index (χ3n) is 5.07. The molecule has 1 amide bonds. The summed E-state index contributed by atoms with van der Waals surface area (Å²) in [6.07, 6.45) is 4.74. The number of benzene rings is 1. The fourth-order valence-electron chi connectivity index (χ4n) is 3.62. The Morgan fingerprint density at radius 2 is 2.04 bits per heavy atom. The summed E-state index contributed by atoms with van der Waals surface area (Å²) in [5.41, 5.74) is 0.957. The van der Waals surface area contributed by atoms with Crippen molar-refractivity contribution < 1.29 is 9.90 Å². The number of carbonyl (C=O) groups excluding carboxylic acids is 1. The first-order valence-electron chi connectivity index (χ1n) is 9.48. The van der Waals surface area contributed by atoms with Gasteiger partial charge in [-0.25, -0.2) is 0 Å². The summed E-state index contributed by atoms with van der Waals surface area (Å²) in [6.45, 7) is 1.94.